The zero-order chi connectivity index (χ0) is 58.5. The minimum Gasteiger partial charge on any atom is -0.462 e. The molecule has 0 radical (unpaired) electrons. The highest BCUT2D eigenvalue weighted by Gasteiger charge is 2.19. The maximum Gasteiger partial charge on any atom is 0.306 e. The van der Waals surface area contributed by atoms with Gasteiger partial charge in [0, 0.05) is 19.3 Å². The van der Waals surface area contributed by atoms with Gasteiger partial charge in [0.1, 0.15) is 13.2 Å². The van der Waals surface area contributed by atoms with Crippen LogP contribution in [0.25, 0.3) is 0 Å². The van der Waals surface area contributed by atoms with Gasteiger partial charge in [0.15, 0.2) is 6.10 Å². The van der Waals surface area contributed by atoms with Crippen molar-refractivity contribution in [3.63, 3.8) is 0 Å². The summed E-state index contributed by atoms with van der Waals surface area (Å²) in [6.07, 6.45) is 92.8. The van der Waals surface area contributed by atoms with E-state index in [9.17, 15) is 14.4 Å². The van der Waals surface area contributed by atoms with Crippen LogP contribution in [-0.4, -0.2) is 37.2 Å². The number of carbonyl (C=O) groups excluding carboxylic acids is 3. The zero-order valence-electron chi connectivity index (χ0n) is 53.5. The number of hydrogen-bond acceptors (Lipinski definition) is 6. The van der Waals surface area contributed by atoms with Gasteiger partial charge >= 0.3 is 17.9 Å². The van der Waals surface area contributed by atoms with Crippen LogP contribution in [0.3, 0.4) is 0 Å². The van der Waals surface area contributed by atoms with Gasteiger partial charge in [-0.3, -0.25) is 14.4 Å². The molecule has 0 aliphatic heterocycles. The first-order valence-electron chi connectivity index (χ1n) is 34.7. The van der Waals surface area contributed by atoms with Crippen LogP contribution < -0.4 is 0 Å². The Kier molecular flexibility index (Phi) is 65.7. The molecule has 466 valence electrons. The van der Waals surface area contributed by atoms with Crippen LogP contribution >= 0.6 is 0 Å². The van der Waals surface area contributed by atoms with E-state index in [4.69, 9.17) is 14.2 Å². The summed E-state index contributed by atoms with van der Waals surface area (Å²) < 4.78 is 17.0. The number of ether oxygens (including phenoxy) is 3. The second-order valence-corrected chi connectivity index (χ2v) is 23.1. The first-order chi connectivity index (χ1) is 40.0. The van der Waals surface area contributed by atoms with Gasteiger partial charge in [-0.2, -0.15) is 0 Å². The SMILES string of the molecule is CC/C=C\C/C=C\C/C=C\C/C=C\CCCCCCCCCCCCCCC(=O)OCC(COC(=O)CCCCCCC/C=C\CCCCCC)OC(=O)CCCCCCCCCCCC/C=C\C/C=C\C/C=C\CCCCCCC. The molecule has 0 saturated heterocycles. The lowest BCUT2D eigenvalue weighted by atomic mass is 10.0. The third-order valence-corrected chi connectivity index (χ3v) is 15.0. The summed E-state index contributed by atoms with van der Waals surface area (Å²) in [4.78, 5) is 38.4. The monoisotopic (exact) mass is 1130 g/mol. The van der Waals surface area contributed by atoms with Crippen molar-refractivity contribution in [1.82, 2.24) is 0 Å². The highest BCUT2D eigenvalue weighted by Crippen LogP contribution is 2.17. The molecule has 1 atom stereocenters. The third kappa shape index (κ3) is 67.0. The molecule has 6 nitrogen and oxygen atoms in total. The van der Waals surface area contributed by atoms with E-state index in [1.165, 1.54) is 199 Å². The van der Waals surface area contributed by atoms with Crippen molar-refractivity contribution in [2.24, 2.45) is 0 Å². The Morgan fingerprint density at radius 2 is 0.481 bits per heavy atom. The van der Waals surface area contributed by atoms with Crippen LogP contribution in [0.4, 0.5) is 0 Å². The van der Waals surface area contributed by atoms with Crippen molar-refractivity contribution < 1.29 is 28.6 Å². The van der Waals surface area contributed by atoms with E-state index in [2.05, 4.69) is 118 Å². The van der Waals surface area contributed by atoms with Crippen molar-refractivity contribution in [1.29, 1.82) is 0 Å². The van der Waals surface area contributed by atoms with Crippen LogP contribution in [0.15, 0.2) is 97.2 Å². The van der Waals surface area contributed by atoms with Crippen LogP contribution in [0.1, 0.15) is 342 Å². The molecule has 1 unspecified atom stereocenters. The minimum absolute atomic E-state index is 0.0811. The number of esters is 3. The smallest absolute Gasteiger partial charge is 0.306 e. The lowest BCUT2D eigenvalue weighted by Gasteiger charge is -2.18. The van der Waals surface area contributed by atoms with Crippen molar-refractivity contribution >= 4 is 17.9 Å². The van der Waals surface area contributed by atoms with E-state index >= 15 is 0 Å². The van der Waals surface area contributed by atoms with Crippen molar-refractivity contribution in [2.75, 3.05) is 13.2 Å². The molecule has 0 saturated carbocycles. The zero-order valence-corrected chi connectivity index (χ0v) is 53.5. The van der Waals surface area contributed by atoms with Crippen LogP contribution in [0.2, 0.25) is 0 Å². The molecular weight excluding hydrogens is 997 g/mol. The average Bonchev–Trinajstić information content (AvgIpc) is 3.46. The number of rotatable bonds is 63. The molecule has 0 aromatic heterocycles. The first kappa shape index (κ1) is 77.3. The number of unbranched alkanes of at least 4 members (excludes halogenated alkanes) is 36. The fourth-order valence-corrected chi connectivity index (χ4v) is 9.85. The summed E-state index contributed by atoms with van der Waals surface area (Å²) in [7, 11) is 0. The fourth-order valence-electron chi connectivity index (χ4n) is 9.85. The van der Waals surface area contributed by atoms with Gasteiger partial charge < -0.3 is 14.2 Å². The Morgan fingerprint density at radius 1 is 0.259 bits per heavy atom. The molecule has 0 aliphatic carbocycles. The van der Waals surface area contributed by atoms with Gasteiger partial charge in [0.25, 0.3) is 0 Å². The summed E-state index contributed by atoms with van der Waals surface area (Å²) in [6.45, 7) is 6.53. The molecule has 0 fully saturated rings. The predicted octanol–water partition coefficient (Wildman–Crippen LogP) is 24.0. The second kappa shape index (κ2) is 68.8. The maximum absolute atomic E-state index is 13.0. The Hall–Kier alpha value is -3.67. The second-order valence-electron chi connectivity index (χ2n) is 23.1. The van der Waals surface area contributed by atoms with Crippen molar-refractivity contribution in [2.45, 2.75) is 348 Å². The normalized spacial score (nSPS) is 12.7. The van der Waals surface area contributed by atoms with Gasteiger partial charge in [-0.05, 0) is 122 Å². The fraction of sp³-hybridized carbons (Fsp3) is 0.747. The van der Waals surface area contributed by atoms with E-state index in [1.54, 1.807) is 0 Å². The Balaban J connectivity index is 4.30. The molecule has 0 amide bonds. The van der Waals surface area contributed by atoms with Gasteiger partial charge in [-0.15, -0.1) is 0 Å². The molecule has 0 bridgehead atoms. The Bertz CT molecular complexity index is 1580. The van der Waals surface area contributed by atoms with Gasteiger partial charge in [0.2, 0.25) is 0 Å². The van der Waals surface area contributed by atoms with E-state index in [1.807, 2.05) is 0 Å². The highest BCUT2D eigenvalue weighted by atomic mass is 16.6. The summed E-state index contributed by atoms with van der Waals surface area (Å²) in [5.41, 5.74) is 0. The molecule has 0 rings (SSSR count). The van der Waals surface area contributed by atoms with E-state index in [0.29, 0.717) is 19.3 Å². The number of allylic oxidation sites excluding steroid dienone is 16. The topological polar surface area (TPSA) is 78.9 Å². The number of carbonyl (C=O) groups is 3. The third-order valence-electron chi connectivity index (χ3n) is 15.0. The lowest BCUT2D eigenvalue weighted by Crippen LogP contribution is -2.30. The summed E-state index contributed by atoms with van der Waals surface area (Å²) in [5.74, 6) is -0.882. The molecule has 0 aromatic carbocycles. The standard InChI is InChI=1S/C75H130O6/c1-4-7-10-13-16-19-22-25-27-29-31-33-35-37-39-41-43-45-47-50-53-56-59-62-65-68-74(77)80-71-72(70-79-73(76)67-64-61-58-55-52-49-24-21-18-15-12-9-6-3)81-75(78)69-66-63-60-57-54-51-48-46-44-42-40-38-36-34-32-30-28-26-23-20-17-14-11-8-5-2/h7,10,16,19,21,23-27,30-33,36,38,72H,4-6,8-9,11-15,17-18,20,22,28-29,34-35,37,39-71H2,1-3H3/b10-7-,19-16-,24-21-,26-23-,27-25-,32-30-,33-31-,38-36-. The van der Waals surface area contributed by atoms with E-state index in [-0.39, 0.29) is 31.1 Å². The minimum atomic E-state index is -0.786. The largest absolute Gasteiger partial charge is 0.462 e. The predicted molar refractivity (Wildman–Crippen MR) is 353 cm³/mol. The molecule has 0 spiro atoms. The molecule has 81 heavy (non-hydrogen) atoms. The molecule has 0 aromatic rings. The average molecular weight is 1130 g/mol. The lowest BCUT2D eigenvalue weighted by molar-refractivity contribution is -0.167. The Morgan fingerprint density at radius 3 is 0.778 bits per heavy atom. The van der Waals surface area contributed by atoms with Crippen LogP contribution in [0.5, 0.6) is 0 Å². The molecule has 0 aliphatic rings. The van der Waals surface area contributed by atoms with Crippen molar-refractivity contribution in [3.8, 4) is 0 Å². The summed E-state index contributed by atoms with van der Waals surface area (Å²) in [6, 6.07) is 0. The summed E-state index contributed by atoms with van der Waals surface area (Å²) in [5, 5.41) is 0. The molecule has 0 heterocycles. The molecule has 6 heteroatoms. The van der Waals surface area contributed by atoms with Gasteiger partial charge in [-0.25, -0.2) is 0 Å². The van der Waals surface area contributed by atoms with Crippen LogP contribution in [0, 0.1) is 0 Å². The molecular formula is C75H130O6. The van der Waals surface area contributed by atoms with Crippen LogP contribution in [-0.2, 0) is 28.6 Å². The highest BCUT2D eigenvalue weighted by molar-refractivity contribution is 5.71. The quantitative estimate of drug-likeness (QED) is 0.0261. The van der Waals surface area contributed by atoms with Gasteiger partial charge in [0.05, 0.1) is 0 Å². The van der Waals surface area contributed by atoms with Gasteiger partial charge in [-0.1, -0.05) is 298 Å². The molecule has 0 N–H and O–H groups in total. The van der Waals surface area contributed by atoms with E-state index in [0.717, 1.165) is 103 Å². The first-order valence-corrected chi connectivity index (χ1v) is 34.7. The summed E-state index contributed by atoms with van der Waals surface area (Å²) >= 11 is 0. The maximum atomic E-state index is 13.0. The van der Waals surface area contributed by atoms with Crippen molar-refractivity contribution in [3.05, 3.63) is 97.2 Å². The Labute approximate surface area is 502 Å². The number of hydrogen-bond donors (Lipinski definition) is 0. The van der Waals surface area contributed by atoms with E-state index < -0.39 is 6.10 Å².